The summed E-state index contributed by atoms with van der Waals surface area (Å²) < 4.78 is 22.5. The van der Waals surface area contributed by atoms with E-state index in [1.165, 1.54) is 4.57 Å². The van der Waals surface area contributed by atoms with Gasteiger partial charge < -0.3 is 19.7 Å². The molecule has 2 aromatic heterocycles. The number of hydrogen-bond donors (Lipinski definition) is 2. The molecule has 1 aliphatic rings. The zero-order valence-corrected chi connectivity index (χ0v) is 20.7. The van der Waals surface area contributed by atoms with Crippen molar-refractivity contribution in [2.45, 2.75) is 45.6 Å². The van der Waals surface area contributed by atoms with E-state index in [2.05, 4.69) is 30.2 Å². The molecule has 35 heavy (non-hydrogen) atoms. The Morgan fingerprint density at radius 1 is 1.29 bits per heavy atom. The second kappa shape index (κ2) is 10.1. The van der Waals surface area contributed by atoms with Crippen molar-refractivity contribution < 1.29 is 14.2 Å². The number of fused-ring (bicyclic) bond motifs is 1. The molecule has 184 valence electrons. The number of benzene rings is 1. The average molecular weight is 478 g/mol. The molecule has 0 amide bonds. The van der Waals surface area contributed by atoms with Crippen molar-refractivity contribution >= 4 is 28.0 Å². The van der Waals surface area contributed by atoms with Crippen molar-refractivity contribution in [2.24, 2.45) is 7.05 Å². The SMILES string of the molecule is CCC/C=C\C(=C(/C)CC)c1ccc2c(cc(Nc3ccc(C4(O)COC4)cn3)c(=O)n2C)c1F. The zero-order valence-electron chi connectivity index (χ0n) is 20.7. The Morgan fingerprint density at radius 3 is 2.66 bits per heavy atom. The number of halogens is 1. The van der Waals surface area contributed by atoms with Gasteiger partial charge in [0.1, 0.15) is 22.9 Å². The lowest BCUT2D eigenvalue weighted by atomic mass is 9.94. The van der Waals surface area contributed by atoms with Crippen LogP contribution in [0.1, 0.15) is 51.2 Å². The lowest BCUT2D eigenvalue weighted by molar-refractivity contribution is -0.184. The van der Waals surface area contributed by atoms with Gasteiger partial charge in [-0.1, -0.05) is 44.1 Å². The van der Waals surface area contributed by atoms with Gasteiger partial charge in [-0.25, -0.2) is 9.37 Å². The summed E-state index contributed by atoms with van der Waals surface area (Å²) >= 11 is 0. The third-order valence-corrected chi connectivity index (χ3v) is 6.61. The second-order valence-electron chi connectivity index (χ2n) is 9.10. The Hall–Kier alpha value is -3.29. The van der Waals surface area contributed by atoms with Crippen LogP contribution in [0.15, 0.2) is 59.0 Å². The van der Waals surface area contributed by atoms with E-state index in [1.54, 1.807) is 43.6 Å². The van der Waals surface area contributed by atoms with Gasteiger partial charge in [0.15, 0.2) is 0 Å². The van der Waals surface area contributed by atoms with Crippen LogP contribution in [-0.2, 0) is 17.4 Å². The summed E-state index contributed by atoms with van der Waals surface area (Å²) in [5.74, 6) is 0.0659. The topological polar surface area (TPSA) is 76.4 Å². The highest BCUT2D eigenvalue weighted by Crippen LogP contribution is 2.32. The second-order valence-corrected chi connectivity index (χ2v) is 9.10. The van der Waals surface area contributed by atoms with Crippen LogP contribution in [0.25, 0.3) is 16.5 Å². The molecule has 0 aliphatic carbocycles. The van der Waals surface area contributed by atoms with Crippen LogP contribution < -0.4 is 10.9 Å². The first-order valence-corrected chi connectivity index (χ1v) is 12.0. The minimum atomic E-state index is -1.02. The third-order valence-electron chi connectivity index (χ3n) is 6.61. The van der Waals surface area contributed by atoms with Crippen molar-refractivity contribution in [1.82, 2.24) is 9.55 Å². The Morgan fingerprint density at radius 2 is 2.06 bits per heavy atom. The van der Waals surface area contributed by atoms with Crippen LogP contribution >= 0.6 is 0 Å². The number of pyridine rings is 2. The number of aliphatic hydroxyl groups is 1. The molecule has 2 N–H and O–H groups in total. The first-order chi connectivity index (χ1) is 16.8. The Labute approximate surface area is 204 Å². The molecule has 1 aliphatic heterocycles. The predicted octanol–water partition coefficient (Wildman–Crippen LogP) is 5.57. The van der Waals surface area contributed by atoms with Gasteiger partial charge in [-0.15, -0.1) is 0 Å². The predicted molar refractivity (Wildman–Crippen MR) is 138 cm³/mol. The molecule has 0 radical (unpaired) electrons. The molecule has 0 saturated carbocycles. The molecule has 0 unspecified atom stereocenters. The van der Waals surface area contributed by atoms with E-state index in [9.17, 15) is 9.90 Å². The molecule has 0 atom stereocenters. The van der Waals surface area contributed by atoms with Crippen LogP contribution in [0.4, 0.5) is 15.9 Å². The van der Waals surface area contributed by atoms with Gasteiger partial charge in [0.25, 0.3) is 5.56 Å². The molecule has 0 bridgehead atoms. The zero-order chi connectivity index (χ0) is 25.2. The van der Waals surface area contributed by atoms with Gasteiger partial charge in [0.2, 0.25) is 0 Å². The van der Waals surface area contributed by atoms with Crippen molar-refractivity contribution in [3.63, 3.8) is 0 Å². The molecule has 1 saturated heterocycles. The summed E-state index contributed by atoms with van der Waals surface area (Å²) in [7, 11) is 1.63. The highest BCUT2D eigenvalue weighted by Gasteiger charge is 2.38. The first kappa shape index (κ1) is 24.8. The molecular formula is C28H32FN3O3. The van der Waals surface area contributed by atoms with E-state index in [0.717, 1.165) is 30.4 Å². The molecule has 7 heteroatoms. The molecule has 4 rings (SSSR count). The summed E-state index contributed by atoms with van der Waals surface area (Å²) in [4.78, 5) is 17.3. The lowest BCUT2D eigenvalue weighted by Crippen LogP contribution is -2.46. The summed E-state index contributed by atoms with van der Waals surface area (Å²) in [5.41, 5.74) is 2.58. The van der Waals surface area contributed by atoms with Crippen molar-refractivity contribution in [3.8, 4) is 0 Å². The van der Waals surface area contributed by atoms with E-state index in [-0.39, 0.29) is 30.3 Å². The smallest absolute Gasteiger partial charge is 0.274 e. The summed E-state index contributed by atoms with van der Waals surface area (Å²) in [6.07, 6.45) is 8.39. The van der Waals surface area contributed by atoms with Gasteiger partial charge in [0.05, 0.1) is 18.7 Å². The number of unbranched alkanes of at least 4 members (excludes halogenated alkanes) is 1. The molecule has 1 fully saturated rings. The maximum absolute atomic E-state index is 15.9. The van der Waals surface area contributed by atoms with Crippen LogP contribution in [0.2, 0.25) is 0 Å². The highest BCUT2D eigenvalue weighted by atomic mass is 19.1. The number of anilines is 2. The number of allylic oxidation sites excluding steroid dienone is 4. The maximum atomic E-state index is 15.9. The number of rotatable bonds is 8. The number of aryl methyl sites for hydroxylation is 1. The summed E-state index contributed by atoms with van der Waals surface area (Å²) in [5, 5.41) is 13.8. The van der Waals surface area contributed by atoms with Gasteiger partial charge in [-0.2, -0.15) is 0 Å². The van der Waals surface area contributed by atoms with Crippen molar-refractivity contribution in [1.29, 1.82) is 0 Å². The number of nitrogens with zero attached hydrogens (tertiary/aromatic N) is 2. The molecule has 6 nitrogen and oxygen atoms in total. The van der Waals surface area contributed by atoms with Crippen LogP contribution in [0.5, 0.6) is 0 Å². The van der Waals surface area contributed by atoms with E-state index < -0.39 is 5.60 Å². The molecular weight excluding hydrogens is 445 g/mol. The Bertz CT molecular complexity index is 1350. The van der Waals surface area contributed by atoms with Gasteiger partial charge in [0, 0.05) is 29.8 Å². The fourth-order valence-electron chi connectivity index (χ4n) is 4.17. The Kier molecular flexibility index (Phi) is 7.19. The van der Waals surface area contributed by atoms with E-state index >= 15 is 4.39 Å². The summed E-state index contributed by atoms with van der Waals surface area (Å²) in [6, 6.07) is 8.53. The number of hydrogen-bond acceptors (Lipinski definition) is 5. The fourth-order valence-corrected chi connectivity index (χ4v) is 4.17. The lowest BCUT2D eigenvalue weighted by Gasteiger charge is -2.36. The van der Waals surface area contributed by atoms with Gasteiger partial charge in [-0.05, 0) is 49.6 Å². The molecule has 3 aromatic rings. The van der Waals surface area contributed by atoms with E-state index in [0.29, 0.717) is 27.8 Å². The first-order valence-electron chi connectivity index (χ1n) is 12.0. The molecule has 3 heterocycles. The average Bonchev–Trinajstić information content (AvgIpc) is 2.84. The summed E-state index contributed by atoms with van der Waals surface area (Å²) in [6.45, 7) is 6.65. The van der Waals surface area contributed by atoms with Gasteiger partial charge >= 0.3 is 0 Å². The minimum absolute atomic E-state index is 0.223. The number of nitrogens with one attached hydrogen (secondary N) is 1. The van der Waals surface area contributed by atoms with Crippen LogP contribution in [0, 0.1) is 5.82 Å². The van der Waals surface area contributed by atoms with Crippen LogP contribution in [0.3, 0.4) is 0 Å². The maximum Gasteiger partial charge on any atom is 0.274 e. The quantitative estimate of drug-likeness (QED) is 0.415. The third kappa shape index (κ3) is 4.79. The molecule has 1 aromatic carbocycles. The van der Waals surface area contributed by atoms with Gasteiger partial charge in [-0.3, -0.25) is 4.79 Å². The Balaban J connectivity index is 1.75. The fraction of sp³-hybridized carbons (Fsp3) is 0.357. The van der Waals surface area contributed by atoms with Crippen molar-refractivity contribution in [2.75, 3.05) is 18.5 Å². The van der Waals surface area contributed by atoms with Crippen LogP contribution in [-0.4, -0.2) is 27.9 Å². The monoisotopic (exact) mass is 477 g/mol. The largest absolute Gasteiger partial charge is 0.380 e. The highest BCUT2D eigenvalue weighted by molar-refractivity contribution is 5.89. The van der Waals surface area contributed by atoms with E-state index in [4.69, 9.17) is 4.74 Å². The van der Waals surface area contributed by atoms with E-state index in [1.807, 2.05) is 13.0 Å². The minimum Gasteiger partial charge on any atom is -0.380 e. The standard InChI is InChI=1S/C28H32FN3O3/c1-5-7-8-9-20(18(3)6-2)21-11-12-24-22(26(21)29)14-23(27(33)32(24)4)31-25-13-10-19(15-30-25)28(34)16-35-17-28/h8-15,34H,5-7,16-17H2,1-4H3,(H,30,31)/b9-8-,20-18-. The number of aromatic nitrogens is 2. The van der Waals surface area contributed by atoms with Crippen molar-refractivity contribution in [3.05, 3.63) is 81.6 Å². The molecule has 0 spiro atoms. The number of ether oxygens (including phenoxy) is 1. The normalized spacial score (nSPS) is 15.8.